The minimum atomic E-state index is 0.132. The van der Waals surface area contributed by atoms with Crippen molar-refractivity contribution in [2.45, 2.75) is 18.9 Å². The van der Waals surface area contributed by atoms with Crippen LogP contribution in [0.1, 0.15) is 16.7 Å². The molecule has 0 unspecified atom stereocenters. The molecule has 0 amide bonds. The summed E-state index contributed by atoms with van der Waals surface area (Å²) in [4.78, 5) is 0. The van der Waals surface area contributed by atoms with Crippen molar-refractivity contribution in [2.24, 2.45) is 0 Å². The first-order chi connectivity index (χ1) is 5.29. The van der Waals surface area contributed by atoms with E-state index in [1.54, 1.807) is 0 Å². The number of halogens is 1. The molecule has 0 fully saturated rings. The Morgan fingerprint density at radius 2 is 2.00 bits per heavy atom. The predicted molar refractivity (Wildman–Crippen MR) is 49.7 cm³/mol. The summed E-state index contributed by atoms with van der Waals surface area (Å²) in [5.41, 5.74) is 3.45. The van der Waals surface area contributed by atoms with Gasteiger partial charge in [0.1, 0.15) is 0 Å². The van der Waals surface area contributed by atoms with Crippen LogP contribution in [0.25, 0.3) is 0 Å². The second-order valence-corrected chi connectivity index (χ2v) is 3.05. The molecule has 11 heavy (non-hydrogen) atoms. The molecule has 0 saturated heterocycles. The molecule has 1 aromatic carbocycles. The Hall–Kier alpha value is -0.340. The number of hydrogen-bond donors (Lipinski definition) is 1. The molecule has 0 spiro atoms. The summed E-state index contributed by atoms with van der Waals surface area (Å²) < 4.78 is 0. The van der Waals surface area contributed by atoms with Gasteiger partial charge in [0.2, 0.25) is 0 Å². The molecule has 0 aliphatic carbocycles. The number of aliphatic hydroxyl groups excluding tert-OH is 1. The maximum absolute atomic E-state index is 8.92. The van der Waals surface area contributed by atoms with Crippen LogP contribution in [-0.4, -0.2) is 5.11 Å². The lowest BCUT2D eigenvalue weighted by Gasteiger charge is -2.05. The van der Waals surface area contributed by atoms with Gasteiger partial charge in [0, 0.05) is 5.33 Å². The van der Waals surface area contributed by atoms with Crippen molar-refractivity contribution in [2.75, 3.05) is 0 Å². The standard InChI is InChI=1S/C9H11BrO/c1-7-8(5-10)3-2-4-9(7)6-11/h2-4,11H,5-6H2,1H3. The summed E-state index contributed by atoms with van der Waals surface area (Å²) in [6.45, 7) is 2.16. The largest absolute Gasteiger partial charge is 0.392 e. The number of benzene rings is 1. The molecule has 1 aromatic rings. The van der Waals surface area contributed by atoms with E-state index in [9.17, 15) is 0 Å². The van der Waals surface area contributed by atoms with E-state index in [1.807, 2.05) is 19.1 Å². The number of rotatable bonds is 2. The van der Waals surface area contributed by atoms with Crippen molar-refractivity contribution in [3.05, 3.63) is 34.9 Å². The van der Waals surface area contributed by atoms with E-state index in [1.165, 1.54) is 11.1 Å². The first kappa shape index (κ1) is 8.75. The second-order valence-electron chi connectivity index (χ2n) is 2.49. The number of aliphatic hydroxyl groups is 1. The van der Waals surface area contributed by atoms with Crippen LogP contribution in [0.2, 0.25) is 0 Å². The first-order valence-corrected chi connectivity index (χ1v) is 4.66. The van der Waals surface area contributed by atoms with E-state index in [-0.39, 0.29) is 6.61 Å². The normalized spacial score (nSPS) is 10.1. The average molecular weight is 215 g/mol. The highest BCUT2D eigenvalue weighted by atomic mass is 79.9. The van der Waals surface area contributed by atoms with Crippen LogP contribution < -0.4 is 0 Å². The third-order valence-corrected chi connectivity index (χ3v) is 2.48. The molecule has 0 radical (unpaired) electrons. The molecule has 0 aromatic heterocycles. The van der Waals surface area contributed by atoms with Crippen LogP contribution in [-0.2, 0) is 11.9 Å². The van der Waals surface area contributed by atoms with Gasteiger partial charge in [-0.1, -0.05) is 34.1 Å². The summed E-state index contributed by atoms with van der Waals surface area (Å²) in [6, 6.07) is 5.97. The Morgan fingerprint density at radius 1 is 1.36 bits per heavy atom. The van der Waals surface area contributed by atoms with Crippen molar-refractivity contribution >= 4 is 15.9 Å². The quantitative estimate of drug-likeness (QED) is 0.751. The minimum Gasteiger partial charge on any atom is -0.392 e. The fraction of sp³-hybridized carbons (Fsp3) is 0.333. The lowest BCUT2D eigenvalue weighted by atomic mass is 10.0. The second kappa shape index (κ2) is 3.88. The fourth-order valence-electron chi connectivity index (χ4n) is 1.05. The maximum atomic E-state index is 8.92. The Labute approximate surface area is 75.2 Å². The molecule has 0 saturated carbocycles. The fourth-order valence-corrected chi connectivity index (χ4v) is 1.66. The molecular formula is C9H11BrO. The lowest BCUT2D eigenvalue weighted by Crippen LogP contribution is -1.92. The van der Waals surface area contributed by atoms with E-state index < -0.39 is 0 Å². The highest BCUT2D eigenvalue weighted by Crippen LogP contribution is 2.15. The molecule has 1 N–H and O–H groups in total. The molecule has 0 atom stereocenters. The van der Waals surface area contributed by atoms with Crippen molar-refractivity contribution < 1.29 is 5.11 Å². The van der Waals surface area contributed by atoms with Crippen molar-refractivity contribution in [3.63, 3.8) is 0 Å². The van der Waals surface area contributed by atoms with Crippen LogP contribution in [0.3, 0.4) is 0 Å². The predicted octanol–water partition coefficient (Wildman–Crippen LogP) is 2.38. The smallest absolute Gasteiger partial charge is 0.0684 e. The van der Waals surface area contributed by atoms with Gasteiger partial charge in [0.05, 0.1) is 6.61 Å². The Balaban J connectivity index is 3.10. The highest BCUT2D eigenvalue weighted by Gasteiger charge is 2.00. The topological polar surface area (TPSA) is 20.2 Å². The summed E-state index contributed by atoms with van der Waals surface area (Å²) in [7, 11) is 0. The van der Waals surface area contributed by atoms with Gasteiger partial charge >= 0.3 is 0 Å². The van der Waals surface area contributed by atoms with Crippen LogP contribution >= 0.6 is 15.9 Å². The molecule has 1 rings (SSSR count). The third kappa shape index (κ3) is 1.82. The van der Waals surface area contributed by atoms with E-state index in [2.05, 4.69) is 22.0 Å². The molecule has 0 aliphatic rings. The molecule has 1 nitrogen and oxygen atoms in total. The Kier molecular flexibility index (Phi) is 3.09. The van der Waals surface area contributed by atoms with Crippen LogP contribution in [0, 0.1) is 6.92 Å². The molecule has 0 aliphatic heterocycles. The Bertz CT molecular complexity index is 223. The van der Waals surface area contributed by atoms with Crippen molar-refractivity contribution in [1.82, 2.24) is 0 Å². The highest BCUT2D eigenvalue weighted by molar-refractivity contribution is 9.08. The monoisotopic (exact) mass is 214 g/mol. The SMILES string of the molecule is Cc1c(CO)cccc1CBr. The molecule has 2 heteroatoms. The van der Waals surface area contributed by atoms with E-state index in [0.29, 0.717) is 0 Å². The Morgan fingerprint density at radius 3 is 2.55 bits per heavy atom. The van der Waals surface area contributed by atoms with Crippen LogP contribution in [0.4, 0.5) is 0 Å². The van der Waals surface area contributed by atoms with Gasteiger partial charge in [0.15, 0.2) is 0 Å². The lowest BCUT2D eigenvalue weighted by molar-refractivity contribution is 0.281. The summed E-state index contributed by atoms with van der Waals surface area (Å²) in [6.07, 6.45) is 0. The first-order valence-electron chi connectivity index (χ1n) is 3.53. The minimum absolute atomic E-state index is 0.132. The van der Waals surface area contributed by atoms with Gasteiger partial charge < -0.3 is 5.11 Å². The van der Waals surface area contributed by atoms with Gasteiger partial charge in [-0.3, -0.25) is 0 Å². The van der Waals surface area contributed by atoms with Crippen molar-refractivity contribution in [3.8, 4) is 0 Å². The van der Waals surface area contributed by atoms with Crippen LogP contribution in [0.5, 0.6) is 0 Å². The van der Waals surface area contributed by atoms with Gasteiger partial charge in [-0.05, 0) is 23.6 Å². The molecule has 60 valence electrons. The zero-order valence-electron chi connectivity index (χ0n) is 6.47. The van der Waals surface area contributed by atoms with Gasteiger partial charge in [0.25, 0.3) is 0 Å². The zero-order chi connectivity index (χ0) is 8.27. The average Bonchev–Trinajstić information content (AvgIpc) is 2.05. The third-order valence-electron chi connectivity index (χ3n) is 1.87. The molecule has 0 bridgehead atoms. The van der Waals surface area contributed by atoms with Crippen molar-refractivity contribution in [1.29, 1.82) is 0 Å². The van der Waals surface area contributed by atoms with Gasteiger partial charge in [-0.2, -0.15) is 0 Å². The number of alkyl halides is 1. The van der Waals surface area contributed by atoms with E-state index in [4.69, 9.17) is 5.11 Å². The summed E-state index contributed by atoms with van der Waals surface area (Å²) in [5, 5.41) is 9.78. The summed E-state index contributed by atoms with van der Waals surface area (Å²) >= 11 is 3.39. The van der Waals surface area contributed by atoms with E-state index >= 15 is 0 Å². The van der Waals surface area contributed by atoms with Gasteiger partial charge in [-0.25, -0.2) is 0 Å². The maximum Gasteiger partial charge on any atom is 0.0684 e. The molecule has 0 heterocycles. The van der Waals surface area contributed by atoms with E-state index in [0.717, 1.165) is 10.9 Å². The summed E-state index contributed by atoms with van der Waals surface area (Å²) in [5.74, 6) is 0. The van der Waals surface area contributed by atoms with Gasteiger partial charge in [-0.15, -0.1) is 0 Å². The van der Waals surface area contributed by atoms with Crippen LogP contribution in [0.15, 0.2) is 18.2 Å². The molecular weight excluding hydrogens is 204 g/mol. The zero-order valence-corrected chi connectivity index (χ0v) is 8.06. The number of hydrogen-bond acceptors (Lipinski definition) is 1.